The largest absolute Gasteiger partial charge is 0.481 e. The first-order chi connectivity index (χ1) is 15.8. The molecule has 1 fully saturated rings. The Balaban J connectivity index is 0.00000432. The molecule has 1 heterocycles. The van der Waals surface area contributed by atoms with E-state index in [0.717, 1.165) is 5.56 Å². The van der Waals surface area contributed by atoms with E-state index >= 15 is 0 Å². The van der Waals surface area contributed by atoms with Gasteiger partial charge in [-0.1, -0.05) is 30.3 Å². The summed E-state index contributed by atoms with van der Waals surface area (Å²) in [6, 6.07) is 10.3. The lowest BCUT2D eigenvalue weighted by atomic mass is 9.70. The maximum Gasteiger partial charge on any atom is 0.416 e. The Labute approximate surface area is 205 Å². The van der Waals surface area contributed by atoms with Crippen LogP contribution in [0.1, 0.15) is 41.5 Å². The molecule has 4 nitrogen and oxygen atoms in total. The third kappa shape index (κ3) is 7.35. The van der Waals surface area contributed by atoms with Gasteiger partial charge in [-0.15, -0.1) is 12.4 Å². The van der Waals surface area contributed by atoms with Crippen molar-refractivity contribution in [2.24, 2.45) is 0 Å². The summed E-state index contributed by atoms with van der Waals surface area (Å²) in [5.41, 5.74) is -2.75. The molecular weight excluding hydrogens is 500 g/mol. The van der Waals surface area contributed by atoms with E-state index in [0.29, 0.717) is 31.5 Å². The average Bonchev–Trinajstić information content (AvgIpc) is 2.75. The Bertz CT molecular complexity index is 967. The molecule has 1 saturated heterocycles. The number of nitrogens with zero attached hydrogens (tertiary/aromatic N) is 1. The Hall–Kier alpha value is -2.30. The first-order valence-corrected chi connectivity index (χ1v) is 10.6. The summed E-state index contributed by atoms with van der Waals surface area (Å²) in [6.45, 7) is 0.150. The highest BCUT2D eigenvalue weighted by Gasteiger charge is 2.41. The Morgan fingerprint density at radius 1 is 1.06 bits per heavy atom. The lowest BCUT2D eigenvalue weighted by Crippen LogP contribution is -2.50. The maximum absolute atomic E-state index is 13.2. The lowest BCUT2D eigenvalue weighted by Gasteiger charge is -2.45. The number of halogens is 7. The van der Waals surface area contributed by atoms with Gasteiger partial charge in [0.15, 0.2) is 0 Å². The van der Waals surface area contributed by atoms with Gasteiger partial charge in [0.05, 0.1) is 30.8 Å². The second kappa shape index (κ2) is 11.2. The number of rotatable bonds is 7. The van der Waals surface area contributed by atoms with E-state index in [9.17, 15) is 36.2 Å². The van der Waals surface area contributed by atoms with E-state index < -0.39 is 41.5 Å². The van der Waals surface area contributed by atoms with Crippen LogP contribution in [0.4, 0.5) is 26.3 Å². The SMILES string of the molecule is CN1CCC(COCc2cc(C(F)(F)F)cc(C(F)(F)F)c2)(c2ccccc2)CC1CC(=O)O.Cl. The zero-order valence-corrected chi connectivity index (χ0v) is 19.6. The smallest absolute Gasteiger partial charge is 0.416 e. The third-order valence-corrected chi connectivity index (χ3v) is 6.28. The Kier molecular flexibility index (Phi) is 9.24. The van der Waals surface area contributed by atoms with Crippen LogP contribution in [-0.4, -0.2) is 42.2 Å². The average molecular weight is 526 g/mol. The predicted octanol–water partition coefficient (Wildman–Crippen LogP) is 6.17. The maximum atomic E-state index is 13.2. The number of hydrogen-bond donors (Lipinski definition) is 1. The number of ether oxygens (including phenoxy) is 1. The molecule has 0 amide bonds. The molecule has 0 aromatic heterocycles. The predicted molar refractivity (Wildman–Crippen MR) is 119 cm³/mol. The van der Waals surface area contributed by atoms with Crippen LogP contribution in [0, 0.1) is 0 Å². The summed E-state index contributed by atoms with van der Waals surface area (Å²) in [4.78, 5) is 13.3. The van der Waals surface area contributed by atoms with Crippen LogP contribution >= 0.6 is 12.4 Å². The first-order valence-electron chi connectivity index (χ1n) is 10.6. The highest BCUT2D eigenvalue weighted by molar-refractivity contribution is 5.85. The molecule has 0 radical (unpaired) electrons. The van der Waals surface area contributed by atoms with Crippen LogP contribution in [0.2, 0.25) is 0 Å². The molecule has 2 aromatic carbocycles. The van der Waals surface area contributed by atoms with Crippen molar-refractivity contribution in [3.63, 3.8) is 0 Å². The number of likely N-dealkylation sites (tertiary alicyclic amines) is 1. The van der Waals surface area contributed by atoms with Crippen molar-refractivity contribution in [3.8, 4) is 0 Å². The lowest BCUT2D eigenvalue weighted by molar-refractivity contribution is -0.143. The standard InChI is InChI=1S/C24H25F6NO3.ClH/c1-31-8-7-22(13-20(31)12-21(32)33,17-5-3-2-4-6-17)15-34-14-16-9-18(23(25,26)27)11-19(10-16)24(28,29)30;/h2-6,9-11,20H,7-8,12-15H2,1H3,(H,32,33);1H. The molecule has 0 saturated carbocycles. The monoisotopic (exact) mass is 525 g/mol. The molecule has 1 aliphatic heterocycles. The van der Waals surface area contributed by atoms with E-state index in [2.05, 4.69) is 0 Å². The first kappa shape index (κ1) is 28.9. The molecule has 2 aromatic rings. The van der Waals surface area contributed by atoms with Gasteiger partial charge in [-0.2, -0.15) is 26.3 Å². The van der Waals surface area contributed by atoms with Crippen LogP contribution in [-0.2, 0) is 33.9 Å². The van der Waals surface area contributed by atoms with E-state index in [4.69, 9.17) is 4.74 Å². The third-order valence-electron chi connectivity index (χ3n) is 6.28. The van der Waals surface area contributed by atoms with Gasteiger partial charge in [0.1, 0.15) is 0 Å². The van der Waals surface area contributed by atoms with Crippen molar-refractivity contribution in [3.05, 3.63) is 70.8 Å². The molecule has 0 aliphatic carbocycles. The highest BCUT2D eigenvalue weighted by atomic mass is 35.5. The number of piperidine rings is 1. The molecule has 35 heavy (non-hydrogen) atoms. The van der Waals surface area contributed by atoms with Crippen molar-refractivity contribution in [1.29, 1.82) is 0 Å². The minimum atomic E-state index is -4.93. The normalized spacial score (nSPS) is 21.4. The molecule has 1 aliphatic rings. The van der Waals surface area contributed by atoms with Gasteiger partial charge in [0, 0.05) is 11.5 Å². The van der Waals surface area contributed by atoms with Gasteiger partial charge in [-0.25, -0.2) is 0 Å². The summed E-state index contributed by atoms with van der Waals surface area (Å²) >= 11 is 0. The quantitative estimate of drug-likeness (QED) is 0.439. The number of alkyl halides is 6. The summed E-state index contributed by atoms with van der Waals surface area (Å²) in [7, 11) is 1.82. The van der Waals surface area contributed by atoms with Crippen molar-refractivity contribution >= 4 is 18.4 Å². The fourth-order valence-corrected chi connectivity index (χ4v) is 4.45. The minimum absolute atomic E-state index is 0. The van der Waals surface area contributed by atoms with Crippen molar-refractivity contribution in [2.75, 3.05) is 20.2 Å². The Morgan fingerprint density at radius 2 is 1.63 bits per heavy atom. The fraction of sp³-hybridized carbons (Fsp3) is 0.458. The van der Waals surface area contributed by atoms with E-state index in [1.54, 1.807) is 0 Å². The summed E-state index contributed by atoms with van der Waals surface area (Å²) < 4.78 is 84.7. The number of carboxylic acids is 1. The van der Waals surface area contributed by atoms with Gasteiger partial charge in [-0.3, -0.25) is 4.79 Å². The van der Waals surface area contributed by atoms with E-state index in [1.807, 2.05) is 42.3 Å². The number of aliphatic carboxylic acids is 1. The molecule has 194 valence electrons. The fourth-order valence-electron chi connectivity index (χ4n) is 4.45. The number of carbonyl (C=O) groups is 1. The van der Waals surface area contributed by atoms with Gasteiger partial charge in [0.25, 0.3) is 0 Å². The second-order valence-corrected chi connectivity index (χ2v) is 8.74. The van der Waals surface area contributed by atoms with Crippen LogP contribution in [0.5, 0.6) is 0 Å². The topological polar surface area (TPSA) is 49.8 Å². The molecule has 2 unspecified atom stereocenters. The second-order valence-electron chi connectivity index (χ2n) is 8.74. The number of carboxylic acid groups (broad SMARTS) is 1. The zero-order valence-electron chi connectivity index (χ0n) is 18.8. The molecule has 3 rings (SSSR count). The van der Waals surface area contributed by atoms with Gasteiger partial charge >= 0.3 is 18.3 Å². The van der Waals surface area contributed by atoms with Crippen molar-refractivity contribution in [1.82, 2.24) is 4.90 Å². The summed E-state index contributed by atoms with van der Waals surface area (Å²) in [5.74, 6) is -0.953. The van der Waals surface area contributed by atoms with E-state index in [-0.39, 0.29) is 43.1 Å². The zero-order chi connectivity index (χ0) is 25.1. The highest BCUT2D eigenvalue weighted by Crippen LogP contribution is 2.40. The van der Waals surface area contributed by atoms with Crippen LogP contribution in [0.3, 0.4) is 0 Å². The Morgan fingerprint density at radius 3 is 2.14 bits per heavy atom. The molecule has 0 bridgehead atoms. The van der Waals surface area contributed by atoms with Gasteiger partial charge < -0.3 is 14.7 Å². The molecule has 1 N–H and O–H groups in total. The van der Waals surface area contributed by atoms with Gasteiger partial charge in [0.2, 0.25) is 0 Å². The molecule has 2 atom stereocenters. The van der Waals surface area contributed by atoms with Crippen LogP contribution in [0.25, 0.3) is 0 Å². The number of hydrogen-bond acceptors (Lipinski definition) is 3. The molecule has 0 spiro atoms. The molecular formula is C24H26ClF6NO3. The summed E-state index contributed by atoms with van der Waals surface area (Å²) in [5, 5.41) is 9.29. The molecule has 11 heteroatoms. The van der Waals surface area contributed by atoms with Crippen LogP contribution < -0.4 is 0 Å². The number of benzene rings is 2. The van der Waals surface area contributed by atoms with Crippen LogP contribution in [0.15, 0.2) is 48.5 Å². The van der Waals surface area contributed by atoms with Crippen molar-refractivity contribution in [2.45, 2.75) is 49.7 Å². The van der Waals surface area contributed by atoms with Gasteiger partial charge in [-0.05, 0) is 55.8 Å². The summed E-state index contributed by atoms with van der Waals surface area (Å²) in [6.07, 6.45) is -8.93. The minimum Gasteiger partial charge on any atom is -0.481 e. The van der Waals surface area contributed by atoms with E-state index in [1.165, 1.54) is 0 Å². The van der Waals surface area contributed by atoms with Crippen molar-refractivity contribution < 1.29 is 41.0 Å².